The van der Waals surface area contributed by atoms with E-state index in [-0.39, 0.29) is 0 Å². The third kappa shape index (κ3) is 3.73. The summed E-state index contributed by atoms with van der Waals surface area (Å²) in [5.41, 5.74) is 1.20. The van der Waals surface area contributed by atoms with E-state index in [1.165, 1.54) is 10.6 Å². The fraction of sp³-hybridized carbons (Fsp3) is 0.455. The molecule has 0 aliphatic carbocycles. The van der Waals surface area contributed by atoms with Crippen molar-refractivity contribution >= 4 is 17.4 Å². The third-order valence-electron chi connectivity index (χ3n) is 1.62. The van der Waals surface area contributed by atoms with Crippen molar-refractivity contribution in [3.8, 4) is 0 Å². The van der Waals surface area contributed by atoms with Gasteiger partial charge in [-0.15, -0.1) is 11.8 Å². The minimum absolute atomic E-state index is 0.504. The summed E-state index contributed by atoms with van der Waals surface area (Å²) in [4.78, 5) is 1.34. The first kappa shape index (κ1) is 10.5. The SMILES string of the molecule is CCSc1ccc(NC(C)C)cc1. The molecule has 0 unspecified atom stereocenters. The van der Waals surface area contributed by atoms with E-state index in [2.05, 4.69) is 50.4 Å². The second-order valence-electron chi connectivity index (χ2n) is 3.26. The van der Waals surface area contributed by atoms with E-state index in [4.69, 9.17) is 0 Å². The summed E-state index contributed by atoms with van der Waals surface area (Å²) in [6.07, 6.45) is 0. The van der Waals surface area contributed by atoms with Gasteiger partial charge in [0.05, 0.1) is 0 Å². The van der Waals surface area contributed by atoms with Gasteiger partial charge in [-0.3, -0.25) is 0 Å². The monoisotopic (exact) mass is 195 g/mol. The van der Waals surface area contributed by atoms with Crippen LogP contribution in [0.3, 0.4) is 0 Å². The number of anilines is 1. The van der Waals surface area contributed by atoms with Crippen molar-refractivity contribution < 1.29 is 0 Å². The van der Waals surface area contributed by atoms with Crippen LogP contribution in [0.5, 0.6) is 0 Å². The average Bonchev–Trinajstić information content (AvgIpc) is 2.08. The minimum atomic E-state index is 0.504. The maximum absolute atomic E-state index is 3.36. The van der Waals surface area contributed by atoms with E-state index < -0.39 is 0 Å². The Morgan fingerprint density at radius 3 is 2.31 bits per heavy atom. The number of hydrogen-bond acceptors (Lipinski definition) is 2. The van der Waals surface area contributed by atoms with Crippen molar-refractivity contribution in [2.24, 2.45) is 0 Å². The van der Waals surface area contributed by atoms with Crippen molar-refractivity contribution in [1.82, 2.24) is 0 Å². The van der Waals surface area contributed by atoms with E-state index in [0.717, 1.165) is 5.75 Å². The first-order valence-electron chi connectivity index (χ1n) is 4.71. The highest BCUT2D eigenvalue weighted by Crippen LogP contribution is 2.19. The molecule has 0 atom stereocenters. The molecular weight excluding hydrogens is 178 g/mol. The molecule has 0 aliphatic rings. The van der Waals surface area contributed by atoms with Crippen molar-refractivity contribution in [1.29, 1.82) is 0 Å². The molecule has 0 bridgehead atoms. The van der Waals surface area contributed by atoms with Crippen molar-refractivity contribution in [2.75, 3.05) is 11.1 Å². The molecule has 0 amide bonds. The van der Waals surface area contributed by atoms with Crippen LogP contribution in [0.2, 0.25) is 0 Å². The standard InChI is InChI=1S/C11H17NS/c1-4-13-11-7-5-10(6-8-11)12-9(2)3/h5-9,12H,4H2,1-3H3. The Morgan fingerprint density at radius 1 is 1.23 bits per heavy atom. The lowest BCUT2D eigenvalue weighted by molar-refractivity contribution is 0.899. The van der Waals surface area contributed by atoms with Gasteiger partial charge in [-0.05, 0) is 43.9 Å². The number of rotatable bonds is 4. The van der Waals surface area contributed by atoms with Crippen LogP contribution < -0.4 is 5.32 Å². The van der Waals surface area contributed by atoms with Gasteiger partial charge in [-0.25, -0.2) is 0 Å². The van der Waals surface area contributed by atoms with Crippen LogP contribution in [0.15, 0.2) is 29.2 Å². The zero-order valence-electron chi connectivity index (χ0n) is 8.50. The highest BCUT2D eigenvalue weighted by molar-refractivity contribution is 7.99. The number of benzene rings is 1. The Morgan fingerprint density at radius 2 is 1.85 bits per heavy atom. The molecule has 1 aromatic carbocycles. The molecule has 0 heterocycles. The van der Waals surface area contributed by atoms with Crippen molar-refractivity contribution in [2.45, 2.75) is 31.7 Å². The summed E-state index contributed by atoms with van der Waals surface area (Å²) in [7, 11) is 0. The Labute approximate surface area is 84.9 Å². The van der Waals surface area contributed by atoms with Gasteiger partial charge in [0.2, 0.25) is 0 Å². The van der Waals surface area contributed by atoms with Crippen LogP contribution in [-0.4, -0.2) is 11.8 Å². The fourth-order valence-electron chi connectivity index (χ4n) is 1.15. The third-order valence-corrected chi connectivity index (χ3v) is 2.51. The Kier molecular flexibility index (Phi) is 4.16. The van der Waals surface area contributed by atoms with Crippen LogP contribution in [0.1, 0.15) is 20.8 Å². The van der Waals surface area contributed by atoms with Crippen LogP contribution in [-0.2, 0) is 0 Å². The summed E-state index contributed by atoms with van der Waals surface area (Å²) in [5.74, 6) is 1.14. The second-order valence-corrected chi connectivity index (χ2v) is 4.59. The van der Waals surface area contributed by atoms with Crippen LogP contribution in [0, 0.1) is 0 Å². The average molecular weight is 195 g/mol. The molecule has 72 valence electrons. The minimum Gasteiger partial charge on any atom is -0.383 e. The maximum Gasteiger partial charge on any atom is 0.0342 e. The molecule has 0 aliphatic heterocycles. The van der Waals surface area contributed by atoms with E-state index in [0.29, 0.717) is 6.04 Å². The summed E-state index contributed by atoms with van der Waals surface area (Å²) in [6, 6.07) is 9.11. The lowest BCUT2D eigenvalue weighted by atomic mass is 10.3. The van der Waals surface area contributed by atoms with Gasteiger partial charge in [0, 0.05) is 16.6 Å². The lowest BCUT2D eigenvalue weighted by Gasteiger charge is -2.09. The van der Waals surface area contributed by atoms with Crippen LogP contribution in [0.4, 0.5) is 5.69 Å². The highest BCUT2D eigenvalue weighted by Gasteiger charge is 1.95. The molecule has 0 fully saturated rings. The van der Waals surface area contributed by atoms with Gasteiger partial charge in [0.15, 0.2) is 0 Å². The van der Waals surface area contributed by atoms with Crippen molar-refractivity contribution in [3.05, 3.63) is 24.3 Å². The van der Waals surface area contributed by atoms with Gasteiger partial charge < -0.3 is 5.32 Å². The second kappa shape index (κ2) is 5.18. The molecule has 0 radical (unpaired) electrons. The summed E-state index contributed by atoms with van der Waals surface area (Å²) in [6.45, 7) is 6.47. The first-order chi connectivity index (χ1) is 6.22. The number of thioether (sulfide) groups is 1. The van der Waals surface area contributed by atoms with Crippen molar-refractivity contribution in [3.63, 3.8) is 0 Å². The van der Waals surface area contributed by atoms with Gasteiger partial charge in [0.1, 0.15) is 0 Å². The molecule has 13 heavy (non-hydrogen) atoms. The lowest BCUT2D eigenvalue weighted by Crippen LogP contribution is -2.09. The zero-order valence-corrected chi connectivity index (χ0v) is 9.32. The Balaban J connectivity index is 2.59. The largest absolute Gasteiger partial charge is 0.383 e. The van der Waals surface area contributed by atoms with E-state index >= 15 is 0 Å². The summed E-state index contributed by atoms with van der Waals surface area (Å²) >= 11 is 1.88. The van der Waals surface area contributed by atoms with E-state index in [1.54, 1.807) is 0 Å². The predicted molar refractivity (Wildman–Crippen MR) is 61.6 cm³/mol. The Hall–Kier alpha value is -0.630. The van der Waals surface area contributed by atoms with Gasteiger partial charge in [-0.1, -0.05) is 6.92 Å². The van der Waals surface area contributed by atoms with Crippen LogP contribution in [0.25, 0.3) is 0 Å². The zero-order chi connectivity index (χ0) is 9.68. The molecule has 0 saturated heterocycles. The van der Waals surface area contributed by atoms with Gasteiger partial charge in [-0.2, -0.15) is 0 Å². The molecule has 1 aromatic rings. The smallest absolute Gasteiger partial charge is 0.0342 e. The predicted octanol–water partition coefficient (Wildman–Crippen LogP) is 3.62. The molecule has 0 aromatic heterocycles. The number of nitrogens with one attached hydrogen (secondary N) is 1. The normalized spacial score (nSPS) is 10.5. The topological polar surface area (TPSA) is 12.0 Å². The molecular formula is C11H17NS. The quantitative estimate of drug-likeness (QED) is 0.736. The molecule has 1 rings (SSSR count). The first-order valence-corrected chi connectivity index (χ1v) is 5.70. The molecule has 1 nitrogen and oxygen atoms in total. The highest BCUT2D eigenvalue weighted by atomic mass is 32.2. The van der Waals surface area contributed by atoms with E-state index in [1.807, 2.05) is 11.8 Å². The molecule has 0 spiro atoms. The fourth-order valence-corrected chi connectivity index (χ4v) is 1.81. The Bertz CT molecular complexity index is 241. The summed E-state index contributed by atoms with van der Waals surface area (Å²) in [5, 5.41) is 3.36. The summed E-state index contributed by atoms with van der Waals surface area (Å²) < 4.78 is 0. The molecule has 2 heteroatoms. The molecule has 0 saturated carbocycles. The van der Waals surface area contributed by atoms with Gasteiger partial charge in [0.25, 0.3) is 0 Å². The number of hydrogen-bond donors (Lipinski definition) is 1. The molecule has 1 N–H and O–H groups in total. The van der Waals surface area contributed by atoms with Gasteiger partial charge >= 0.3 is 0 Å². The van der Waals surface area contributed by atoms with E-state index in [9.17, 15) is 0 Å². The van der Waals surface area contributed by atoms with Crippen LogP contribution >= 0.6 is 11.8 Å². The maximum atomic E-state index is 3.36.